The Morgan fingerprint density at radius 1 is 1.16 bits per heavy atom. The van der Waals surface area contributed by atoms with Crippen molar-refractivity contribution in [3.63, 3.8) is 0 Å². The van der Waals surface area contributed by atoms with Gasteiger partial charge in [0.2, 0.25) is 5.88 Å². The molecule has 0 radical (unpaired) electrons. The van der Waals surface area contributed by atoms with Crippen molar-refractivity contribution in [3.8, 4) is 12.0 Å². The first-order valence-corrected chi connectivity index (χ1v) is 10.1. The van der Waals surface area contributed by atoms with Crippen LogP contribution in [0.15, 0.2) is 53.2 Å². The van der Waals surface area contributed by atoms with E-state index in [2.05, 4.69) is 10.2 Å². The van der Waals surface area contributed by atoms with Crippen molar-refractivity contribution in [2.75, 3.05) is 29.9 Å². The van der Waals surface area contributed by atoms with E-state index >= 15 is 0 Å². The maximum atomic E-state index is 12.5. The van der Waals surface area contributed by atoms with Crippen LogP contribution < -0.4 is 10.2 Å². The number of carbonyl (C=O) groups excluding carboxylic acids is 2. The van der Waals surface area contributed by atoms with Gasteiger partial charge in [0.1, 0.15) is 23.0 Å². The molecule has 8 heteroatoms. The third kappa shape index (κ3) is 4.31. The fourth-order valence-corrected chi connectivity index (χ4v) is 3.66. The summed E-state index contributed by atoms with van der Waals surface area (Å²) in [6.45, 7) is 3.20. The van der Waals surface area contributed by atoms with E-state index in [9.17, 15) is 14.9 Å². The van der Waals surface area contributed by atoms with Gasteiger partial charge in [-0.05, 0) is 56.2 Å². The van der Waals surface area contributed by atoms with Crippen LogP contribution in [0.2, 0.25) is 0 Å². The lowest BCUT2D eigenvalue weighted by atomic mass is 10.1. The van der Waals surface area contributed by atoms with Gasteiger partial charge in [-0.1, -0.05) is 0 Å². The number of hydrogen-bond acceptors (Lipinski definition) is 6. The molecular weight excluding hydrogens is 396 g/mol. The normalized spacial score (nSPS) is 13.1. The number of nitrogens with zero attached hydrogens (tertiary/aromatic N) is 3. The van der Waals surface area contributed by atoms with E-state index in [1.54, 1.807) is 36.0 Å². The smallest absolute Gasteiger partial charge is 0.343 e. The standard InChI is InChI=1S/C23H22N4O4/c1-16-21(19(14-24)22(31-16)27-12-4-5-13-27)23(29)30-15-20(28)25-17-6-8-18(9-7-17)26-10-2-3-11-26/h4-9,12-13H,2-3,10-11,15H2,1H3,(H,25,28). The molecule has 2 aromatic heterocycles. The molecule has 0 atom stereocenters. The molecule has 1 N–H and O–H groups in total. The third-order valence-corrected chi connectivity index (χ3v) is 5.18. The highest BCUT2D eigenvalue weighted by Gasteiger charge is 2.26. The zero-order valence-corrected chi connectivity index (χ0v) is 17.1. The van der Waals surface area contributed by atoms with Gasteiger partial charge in [0.15, 0.2) is 6.61 Å². The van der Waals surface area contributed by atoms with Crippen LogP contribution in [0, 0.1) is 18.3 Å². The molecule has 0 spiro atoms. The summed E-state index contributed by atoms with van der Waals surface area (Å²) in [7, 11) is 0. The number of anilines is 2. The zero-order chi connectivity index (χ0) is 21.8. The molecule has 1 aliphatic rings. The minimum atomic E-state index is -0.782. The molecule has 0 aliphatic carbocycles. The molecular formula is C23H22N4O4. The number of benzene rings is 1. The second kappa shape index (κ2) is 8.79. The molecule has 1 fully saturated rings. The highest BCUT2D eigenvalue weighted by atomic mass is 16.5. The number of nitrogens with one attached hydrogen (secondary N) is 1. The van der Waals surface area contributed by atoms with Crippen molar-refractivity contribution in [1.82, 2.24) is 4.57 Å². The Labute approximate surface area is 179 Å². The Kier molecular flexibility index (Phi) is 5.76. The molecule has 1 aliphatic heterocycles. The molecule has 8 nitrogen and oxygen atoms in total. The number of nitriles is 1. The van der Waals surface area contributed by atoms with Crippen LogP contribution >= 0.6 is 0 Å². The van der Waals surface area contributed by atoms with Crippen molar-refractivity contribution in [2.24, 2.45) is 0 Å². The van der Waals surface area contributed by atoms with E-state index in [1.807, 2.05) is 30.3 Å². The van der Waals surface area contributed by atoms with Gasteiger partial charge < -0.3 is 19.4 Å². The largest absolute Gasteiger partial charge is 0.452 e. The molecule has 31 heavy (non-hydrogen) atoms. The number of esters is 1. The fraction of sp³-hybridized carbons (Fsp3) is 0.261. The summed E-state index contributed by atoms with van der Waals surface area (Å²) >= 11 is 0. The maximum absolute atomic E-state index is 12.5. The topological polar surface area (TPSA) is 100 Å². The van der Waals surface area contributed by atoms with E-state index in [0.29, 0.717) is 5.69 Å². The predicted molar refractivity (Wildman–Crippen MR) is 114 cm³/mol. The van der Waals surface area contributed by atoms with Crippen molar-refractivity contribution < 1.29 is 18.7 Å². The Bertz CT molecular complexity index is 1120. The van der Waals surface area contributed by atoms with Crippen LogP contribution in [0.3, 0.4) is 0 Å². The average Bonchev–Trinajstić information content (AvgIpc) is 3.53. The van der Waals surface area contributed by atoms with Crippen LogP contribution in [0.25, 0.3) is 5.88 Å². The number of ether oxygens (including phenoxy) is 1. The summed E-state index contributed by atoms with van der Waals surface area (Å²) in [5, 5.41) is 12.2. The monoisotopic (exact) mass is 418 g/mol. The molecule has 0 saturated carbocycles. The molecule has 0 bridgehead atoms. The first-order valence-electron chi connectivity index (χ1n) is 10.1. The molecule has 3 aromatic rings. The van der Waals surface area contributed by atoms with Gasteiger partial charge in [-0.25, -0.2) is 4.79 Å². The van der Waals surface area contributed by atoms with E-state index in [4.69, 9.17) is 9.15 Å². The van der Waals surface area contributed by atoms with Crippen LogP contribution in [0.5, 0.6) is 0 Å². The highest BCUT2D eigenvalue weighted by molar-refractivity contribution is 5.97. The number of hydrogen-bond donors (Lipinski definition) is 1. The zero-order valence-electron chi connectivity index (χ0n) is 17.1. The summed E-state index contributed by atoms with van der Waals surface area (Å²) in [5.41, 5.74) is 1.83. The number of amides is 1. The Hall–Kier alpha value is -3.99. The Morgan fingerprint density at radius 3 is 2.48 bits per heavy atom. The number of aryl methyl sites for hydroxylation is 1. The van der Waals surface area contributed by atoms with Gasteiger partial charge in [0, 0.05) is 36.9 Å². The Morgan fingerprint density at radius 2 is 1.84 bits per heavy atom. The SMILES string of the molecule is Cc1oc(-n2cccc2)c(C#N)c1C(=O)OCC(=O)Nc1ccc(N2CCCC2)cc1. The lowest BCUT2D eigenvalue weighted by molar-refractivity contribution is -0.119. The van der Waals surface area contributed by atoms with Crippen LogP contribution in [0.1, 0.15) is 34.5 Å². The molecule has 3 heterocycles. The van der Waals surface area contributed by atoms with Gasteiger partial charge in [-0.3, -0.25) is 9.36 Å². The first-order chi connectivity index (χ1) is 15.1. The third-order valence-electron chi connectivity index (χ3n) is 5.18. The molecule has 4 rings (SSSR count). The minimum absolute atomic E-state index is 0.0222. The second-order valence-corrected chi connectivity index (χ2v) is 7.28. The molecule has 158 valence electrons. The summed E-state index contributed by atoms with van der Waals surface area (Å²) < 4.78 is 12.3. The van der Waals surface area contributed by atoms with Crippen LogP contribution in [-0.4, -0.2) is 36.1 Å². The lowest BCUT2D eigenvalue weighted by Crippen LogP contribution is -2.21. The fourth-order valence-electron chi connectivity index (χ4n) is 3.66. The van der Waals surface area contributed by atoms with E-state index in [1.165, 1.54) is 12.8 Å². The van der Waals surface area contributed by atoms with E-state index in [-0.39, 0.29) is 22.8 Å². The van der Waals surface area contributed by atoms with Gasteiger partial charge in [0.05, 0.1) is 0 Å². The first kappa shape index (κ1) is 20.3. The van der Waals surface area contributed by atoms with Gasteiger partial charge >= 0.3 is 5.97 Å². The second-order valence-electron chi connectivity index (χ2n) is 7.28. The number of aromatic nitrogens is 1. The van der Waals surface area contributed by atoms with Gasteiger partial charge in [0.25, 0.3) is 5.91 Å². The number of carbonyl (C=O) groups is 2. The van der Waals surface area contributed by atoms with Gasteiger partial charge in [-0.2, -0.15) is 5.26 Å². The lowest BCUT2D eigenvalue weighted by Gasteiger charge is -2.17. The van der Waals surface area contributed by atoms with Crippen LogP contribution in [-0.2, 0) is 9.53 Å². The van der Waals surface area contributed by atoms with E-state index in [0.717, 1.165) is 18.8 Å². The van der Waals surface area contributed by atoms with Crippen molar-refractivity contribution in [2.45, 2.75) is 19.8 Å². The summed E-state index contributed by atoms with van der Waals surface area (Å²) in [6, 6.07) is 13.1. The molecule has 1 aromatic carbocycles. The van der Waals surface area contributed by atoms with Gasteiger partial charge in [-0.15, -0.1) is 0 Å². The Balaban J connectivity index is 1.38. The van der Waals surface area contributed by atoms with E-state index < -0.39 is 18.5 Å². The van der Waals surface area contributed by atoms with Crippen molar-refractivity contribution >= 4 is 23.3 Å². The quantitative estimate of drug-likeness (QED) is 0.614. The predicted octanol–water partition coefficient (Wildman–Crippen LogP) is 3.65. The molecule has 1 amide bonds. The molecule has 1 saturated heterocycles. The number of rotatable bonds is 6. The van der Waals surface area contributed by atoms with Crippen molar-refractivity contribution in [1.29, 1.82) is 5.26 Å². The number of furan rings is 1. The van der Waals surface area contributed by atoms with Crippen molar-refractivity contribution in [3.05, 3.63) is 65.7 Å². The minimum Gasteiger partial charge on any atom is -0.452 e. The summed E-state index contributed by atoms with van der Waals surface area (Å²) in [6.07, 6.45) is 5.80. The van der Waals surface area contributed by atoms with Crippen LogP contribution in [0.4, 0.5) is 11.4 Å². The molecule has 0 unspecified atom stereocenters. The maximum Gasteiger partial charge on any atom is 0.343 e. The highest BCUT2D eigenvalue weighted by Crippen LogP contribution is 2.26. The average molecular weight is 418 g/mol. The summed E-state index contributed by atoms with van der Waals surface area (Å²) in [5.74, 6) is -0.758. The summed E-state index contributed by atoms with van der Waals surface area (Å²) in [4.78, 5) is 27.1.